The molecule has 1 heterocycles. The number of nitrogens with zero attached hydrogens (tertiary/aromatic N) is 2. The summed E-state index contributed by atoms with van der Waals surface area (Å²) in [7, 11) is 0. The van der Waals surface area contributed by atoms with Gasteiger partial charge in [0.15, 0.2) is 0 Å². The first-order valence-electron chi connectivity index (χ1n) is 8.76. The van der Waals surface area contributed by atoms with Gasteiger partial charge < -0.3 is 15.0 Å². The van der Waals surface area contributed by atoms with E-state index in [1.54, 1.807) is 30.3 Å². The number of nitrogens with one attached hydrogen (secondary N) is 1. The van der Waals surface area contributed by atoms with Gasteiger partial charge in [0, 0.05) is 38.3 Å². The smallest absolute Gasteiger partial charge is 0.253 e. The van der Waals surface area contributed by atoms with Crippen LogP contribution in [0.1, 0.15) is 23.7 Å². The zero-order valence-electron chi connectivity index (χ0n) is 14.9. The van der Waals surface area contributed by atoms with Crippen molar-refractivity contribution in [1.82, 2.24) is 15.1 Å². The van der Waals surface area contributed by atoms with Crippen LogP contribution in [-0.2, 0) is 4.79 Å². The van der Waals surface area contributed by atoms with Crippen molar-refractivity contribution in [3.63, 3.8) is 0 Å². The van der Waals surface area contributed by atoms with E-state index in [1.165, 1.54) is 0 Å². The Balaban J connectivity index is 1.80. The fourth-order valence-electron chi connectivity index (χ4n) is 2.66. The van der Waals surface area contributed by atoms with E-state index in [9.17, 15) is 9.59 Å². The van der Waals surface area contributed by atoms with Crippen LogP contribution in [0.5, 0.6) is 5.75 Å². The molecule has 2 amide bonds. The van der Waals surface area contributed by atoms with Crippen LogP contribution in [0.3, 0.4) is 0 Å². The summed E-state index contributed by atoms with van der Waals surface area (Å²) in [5, 5.41) is 2.88. The third-order valence-electron chi connectivity index (χ3n) is 4.07. The molecule has 6 heteroatoms. The number of rotatable bonds is 8. The lowest BCUT2D eigenvalue weighted by molar-refractivity contribution is -0.122. The lowest BCUT2D eigenvalue weighted by atomic mass is 10.1. The molecular weight excluding hydrogens is 318 g/mol. The van der Waals surface area contributed by atoms with E-state index < -0.39 is 0 Å². The normalized spacial score (nSPS) is 14.8. The molecule has 0 spiro atoms. The molecule has 6 nitrogen and oxygen atoms in total. The van der Waals surface area contributed by atoms with Crippen LogP contribution in [-0.4, -0.2) is 67.5 Å². The summed E-state index contributed by atoms with van der Waals surface area (Å²) in [6.45, 7) is 9.89. The summed E-state index contributed by atoms with van der Waals surface area (Å²) >= 11 is 0. The molecule has 0 atom stereocenters. The second-order valence-corrected chi connectivity index (χ2v) is 6.04. The SMILES string of the molecule is C=CCOc1ccc(C(=O)N2CCN(CC(=O)NCCC)CC2)cc1. The Hall–Kier alpha value is -2.34. The highest BCUT2D eigenvalue weighted by Gasteiger charge is 2.23. The highest BCUT2D eigenvalue weighted by molar-refractivity contribution is 5.94. The molecular formula is C19H27N3O3. The quantitative estimate of drug-likeness (QED) is 0.726. The maximum atomic E-state index is 12.6. The highest BCUT2D eigenvalue weighted by Crippen LogP contribution is 2.15. The third-order valence-corrected chi connectivity index (χ3v) is 4.07. The second kappa shape index (κ2) is 9.84. The van der Waals surface area contributed by atoms with E-state index in [1.807, 2.05) is 11.8 Å². The zero-order chi connectivity index (χ0) is 18.1. The summed E-state index contributed by atoms with van der Waals surface area (Å²) in [5.41, 5.74) is 0.653. The summed E-state index contributed by atoms with van der Waals surface area (Å²) in [4.78, 5) is 28.2. The average molecular weight is 345 g/mol. The molecule has 1 saturated heterocycles. The minimum atomic E-state index is 0.0188. The van der Waals surface area contributed by atoms with Gasteiger partial charge in [0.05, 0.1) is 6.54 Å². The van der Waals surface area contributed by atoms with Crippen LogP contribution in [0, 0.1) is 0 Å². The van der Waals surface area contributed by atoms with Crippen molar-refractivity contribution in [2.45, 2.75) is 13.3 Å². The molecule has 1 aromatic carbocycles. The molecule has 0 unspecified atom stereocenters. The molecule has 0 aromatic heterocycles. The van der Waals surface area contributed by atoms with Crippen LogP contribution in [0.15, 0.2) is 36.9 Å². The van der Waals surface area contributed by atoms with Crippen LogP contribution < -0.4 is 10.1 Å². The van der Waals surface area contributed by atoms with Gasteiger partial charge in [-0.25, -0.2) is 0 Å². The van der Waals surface area contributed by atoms with E-state index in [0.717, 1.165) is 12.2 Å². The second-order valence-electron chi connectivity index (χ2n) is 6.04. The van der Waals surface area contributed by atoms with Crippen molar-refractivity contribution in [2.24, 2.45) is 0 Å². The molecule has 1 aliphatic rings. The van der Waals surface area contributed by atoms with Crippen LogP contribution in [0.4, 0.5) is 0 Å². The predicted octanol–water partition coefficient (Wildman–Crippen LogP) is 1.54. The molecule has 0 aliphatic carbocycles. The Morgan fingerprint density at radius 1 is 1.20 bits per heavy atom. The summed E-state index contributed by atoms with van der Waals surface area (Å²) in [6.07, 6.45) is 2.62. The number of hydrogen-bond donors (Lipinski definition) is 1. The lowest BCUT2D eigenvalue weighted by Crippen LogP contribution is -2.51. The first-order valence-corrected chi connectivity index (χ1v) is 8.76. The van der Waals surface area contributed by atoms with Gasteiger partial charge >= 0.3 is 0 Å². The van der Waals surface area contributed by atoms with Gasteiger partial charge in [0.1, 0.15) is 12.4 Å². The number of amides is 2. The number of carbonyl (C=O) groups is 2. The van der Waals surface area contributed by atoms with Crippen LogP contribution >= 0.6 is 0 Å². The van der Waals surface area contributed by atoms with E-state index in [0.29, 0.717) is 51.4 Å². The number of piperazine rings is 1. The summed E-state index contributed by atoms with van der Waals surface area (Å²) < 4.78 is 5.43. The predicted molar refractivity (Wildman–Crippen MR) is 97.8 cm³/mol. The molecule has 0 radical (unpaired) electrons. The molecule has 2 rings (SSSR count). The van der Waals surface area contributed by atoms with Gasteiger partial charge in [-0.3, -0.25) is 14.5 Å². The first-order chi connectivity index (χ1) is 12.1. The molecule has 25 heavy (non-hydrogen) atoms. The van der Waals surface area contributed by atoms with Crippen molar-refractivity contribution < 1.29 is 14.3 Å². The van der Waals surface area contributed by atoms with E-state index in [-0.39, 0.29) is 11.8 Å². The molecule has 0 saturated carbocycles. The minimum absolute atomic E-state index is 0.0188. The van der Waals surface area contributed by atoms with Gasteiger partial charge in [0.25, 0.3) is 5.91 Å². The fraction of sp³-hybridized carbons (Fsp3) is 0.474. The standard InChI is InChI=1S/C19H27N3O3/c1-3-9-20-18(23)15-21-10-12-22(13-11-21)19(24)16-5-7-17(8-6-16)25-14-4-2/h4-8H,2-3,9-15H2,1H3,(H,20,23). The molecule has 0 bridgehead atoms. The van der Waals surface area contributed by atoms with Crippen LogP contribution in [0.2, 0.25) is 0 Å². The van der Waals surface area contributed by atoms with Gasteiger partial charge in [-0.15, -0.1) is 0 Å². The topological polar surface area (TPSA) is 61.9 Å². The minimum Gasteiger partial charge on any atom is -0.490 e. The van der Waals surface area contributed by atoms with Crippen molar-refractivity contribution in [3.05, 3.63) is 42.5 Å². The lowest BCUT2D eigenvalue weighted by Gasteiger charge is -2.34. The molecule has 136 valence electrons. The Bertz CT molecular complexity index is 578. The monoisotopic (exact) mass is 345 g/mol. The number of benzene rings is 1. The van der Waals surface area contributed by atoms with E-state index in [4.69, 9.17) is 4.74 Å². The third kappa shape index (κ3) is 5.90. The Kier molecular flexibility index (Phi) is 7.47. The Labute approximate surface area is 149 Å². The summed E-state index contributed by atoms with van der Waals surface area (Å²) in [6, 6.07) is 7.16. The van der Waals surface area contributed by atoms with Crippen LogP contribution in [0.25, 0.3) is 0 Å². The van der Waals surface area contributed by atoms with Crippen molar-refractivity contribution in [1.29, 1.82) is 0 Å². The highest BCUT2D eigenvalue weighted by atomic mass is 16.5. The molecule has 1 N–H and O–H groups in total. The van der Waals surface area contributed by atoms with Crippen molar-refractivity contribution in [3.8, 4) is 5.75 Å². The van der Waals surface area contributed by atoms with Gasteiger partial charge in [0.2, 0.25) is 5.91 Å². The number of hydrogen-bond acceptors (Lipinski definition) is 4. The zero-order valence-corrected chi connectivity index (χ0v) is 14.9. The number of ether oxygens (including phenoxy) is 1. The van der Waals surface area contributed by atoms with E-state index in [2.05, 4.69) is 16.8 Å². The summed E-state index contributed by atoms with van der Waals surface area (Å²) in [5.74, 6) is 0.793. The molecule has 1 aliphatic heterocycles. The average Bonchev–Trinajstić information content (AvgIpc) is 2.65. The first kappa shape index (κ1) is 19.0. The van der Waals surface area contributed by atoms with Gasteiger partial charge in [-0.05, 0) is 30.7 Å². The molecule has 1 aromatic rings. The van der Waals surface area contributed by atoms with Gasteiger partial charge in [-0.1, -0.05) is 19.6 Å². The van der Waals surface area contributed by atoms with Crippen molar-refractivity contribution >= 4 is 11.8 Å². The maximum Gasteiger partial charge on any atom is 0.253 e. The Morgan fingerprint density at radius 3 is 2.48 bits per heavy atom. The van der Waals surface area contributed by atoms with Crippen molar-refractivity contribution in [2.75, 3.05) is 45.9 Å². The Morgan fingerprint density at radius 2 is 1.88 bits per heavy atom. The fourth-order valence-corrected chi connectivity index (χ4v) is 2.66. The van der Waals surface area contributed by atoms with E-state index >= 15 is 0 Å². The number of carbonyl (C=O) groups excluding carboxylic acids is 2. The molecule has 1 fully saturated rings. The maximum absolute atomic E-state index is 12.6. The van der Waals surface area contributed by atoms with Gasteiger partial charge in [-0.2, -0.15) is 0 Å². The largest absolute Gasteiger partial charge is 0.490 e.